The molecular weight excluding hydrogens is 372 g/mol. The van der Waals surface area contributed by atoms with Gasteiger partial charge in [0.1, 0.15) is 11.4 Å². The van der Waals surface area contributed by atoms with Crippen LogP contribution in [0, 0.1) is 10.1 Å². The number of anilines is 1. The summed E-state index contributed by atoms with van der Waals surface area (Å²) < 4.78 is 11.1. The molecule has 0 bridgehead atoms. The molecule has 0 atom stereocenters. The second-order valence-electron chi connectivity index (χ2n) is 6.86. The van der Waals surface area contributed by atoms with Crippen molar-refractivity contribution in [1.82, 2.24) is 9.88 Å². The summed E-state index contributed by atoms with van der Waals surface area (Å²) in [6, 6.07) is 14.5. The Balaban J connectivity index is 1.37. The van der Waals surface area contributed by atoms with Crippen LogP contribution < -0.4 is 9.64 Å². The van der Waals surface area contributed by atoms with Gasteiger partial charge in [0, 0.05) is 37.8 Å². The summed E-state index contributed by atoms with van der Waals surface area (Å²) in [5, 5.41) is 11.3. The summed E-state index contributed by atoms with van der Waals surface area (Å²) in [7, 11) is 1.64. The van der Waals surface area contributed by atoms with Crippen molar-refractivity contribution in [2.45, 2.75) is 6.54 Å². The van der Waals surface area contributed by atoms with E-state index in [4.69, 9.17) is 9.15 Å². The number of nitro benzene ring substituents is 1. The Bertz CT molecular complexity index is 978. The van der Waals surface area contributed by atoms with E-state index in [-0.39, 0.29) is 10.6 Å². The number of benzene rings is 2. The SMILES string of the molecule is COc1ccc(-c2cnc(CN3CCN(c4ccccc4[N+](=O)[O-])CC3)o2)cc1. The molecule has 1 aromatic heterocycles. The Kier molecular flexibility index (Phi) is 5.44. The van der Waals surface area contributed by atoms with Gasteiger partial charge in [0.05, 0.1) is 24.8 Å². The molecule has 0 radical (unpaired) electrons. The third kappa shape index (κ3) is 4.22. The number of hydrogen-bond donors (Lipinski definition) is 0. The molecule has 1 saturated heterocycles. The van der Waals surface area contributed by atoms with Gasteiger partial charge in [-0.3, -0.25) is 15.0 Å². The fraction of sp³-hybridized carbons (Fsp3) is 0.286. The van der Waals surface area contributed by atoms with Crippen LogP contribution in [0.4, 0.5) is 11.4 Å². The molecule has 8 heteroatoms. The minimum Gasteiger partial charge on any atom is -0.497 e. The van der Waals surface area contributed by atoms with Gasteiger partial charge in [0.15, 0.2) is 5.76 Å². The van der Waals surface area contributed by atoms with E-state index in [0.29, 0.717) is 18.1 Å². The van der Waals surface area contributed by atoms with E-state index in [0.717, 1.165) is 43.3 Å². The molecule has 1 aliphatic heterocycles. The predicted molar refractivity (Wildman–Crippen MR) is 109 cm³/mol. The summed E-state index contributed by atoms with van der Waals surface area (Å²) in [5.74, 6) is 2.18. The van der Waals surface area contributed by atoms with Crippen molar-refractivity contribution in [3.8, 4) is 17.1 Å². The van der Waals surface area contributed by atoms with Gasteiger partial charge in [-0.05, 0) is 30.3 Å². The zero-order chi connectivity index (χ0) is 20.2. The molecule has 4 rings (SSSR count). The lowest BCUT2D eigenvalue weighted by molar-refractivity contribution is -0.384. The highest BCUT2D eigenvalue weighted by Crippen LogP contribution is 2.29. The average Bonchev–Trinajstić information content (AvgIpc) is 3.23. The molecule has 0 spiro atoms. The molecule has 8 nitrogen and oxygen atoms in total. The molecule has 0 unspecified atom stereocenters. The highest BCUT2D eigenvalue weighted by Gasteiger charge is 2.24. The van der Waals surface area contributed by atoms with E-state index in [2.05, 4.69) is 14.8 Å². The monoisotopic (exact) mass is 394 g/mol. The average molecular weight is 394 g/mol. The van der Waals surface area contributed by atoms with Gasteiger partial charge in [0.2, 0.25) is 5.89 Å². The van der Waals surface area contributed by atoms with Gasteiger partial charge in [-0.2, -0.15) is 0 Å². The van der Waals surface area contributed by atoms with Gasteiger partial charge in [0.25, 0.3) is 5.69 Å². The molecule has 2 aromatic carbocycles. The predicted octanol–water partition coefficient (Wildman–Crippen LogP) is 3.58. The van der Waals surface area contributed by atoms with E-state index in [1.165, 1.54) is 0 Å². The zero-order valence-electron chi connectivity index (χ0n) is 16.2. The fourth-order valence-corrected chi connectivity index (χ4v) is 3.50. The summed E-state index contributed by atoms with van der Waals surface area (Å²) in [6.45, 7) is 3.62. The number of nitro groups is 1. The number of ether oxygens (including phenoxy) is 1. The number of para-hydroxylation sites is 2. The second kappa shape index (κ2) is 8.32. The quantitative estimate of drug-likeness (QED) is 0.467. The fourth-order valence-electron chi connectivity index (χ4n) is 3.50. The molecule has 0 aliphatic carbocycles. The van der Waals surface area contributed by atoms with Gasteiger partial charge < -0.3 is 14.1 Å². The molecule has 0 amide bonds. The first kappa shape index (κ1) is 18.9. The van der Waals surface area contributed by atoms with E-state index >= 15 is 0 Å². The Morgan fingerprint density at radius 3 is 2.52 bits per heavy atom. The molecule has 1 aliphatic rings. The van der Waals surface area contributed by atoms with Crippen molar-refractivity contribution in [3.05, 3.63) is 70.7 Å². The minimum atomic E-state index is -0.324. The summed E-state index contributed by atoms with van der Waals surface area (Å²) >= 11 is 0. The summed E-state index contributed by atoms with van der Waals surface area (Å²) in [5.41, 5.74) is 1.78. The lowest BCUT2D eigenvalue weighted by Gasteiger charge is -2.35. The summed E-state index contributed by atoms with van der Waals surface area (Å²) in [6.07, 6.45) is 1.74. The standard InChI is InChI=1S/C21H22N4O4/c1-28-17-8-6-16(7-9-17)20-14-22-21(29-20)15-23-10-12-24(13-11-23)18-4-2-3-5-19(18)25(26)27/h2-9,14H,10-13,15H2,1H3. The van der Waals surface area contributed by atoms with Crippen LogP contribution in [-0.4, -0.2) is 48.1 Å². The highest BCUT2D eigenvalue weighted by atomic mass is 16.6. The molecule has 0 saturated carbocycles. The molecular formula is C21H22N4O4. The number of piperazine rings is 1. The Morgan fingerprint density at radius 2 is 1.83 bits per heavy atom. The van der Waals surface area contributed by atoms with Gasteiger partial charge in [-0.25, -0.2) is 4.98 Å². The van der Waals surface area contributed by atoms with Gasteiger partial charge >= 0.3 is 0 Å². The highest BCUT2D eigenvalue weighted by molar-refractivity contribution is 5.63. The van der Waals surface area contributed by atoms with E-state index < -0.39 is 0 Å². The maximum absolute atomic E-state index is 11.3. The molecule has 2 heterocycles. The number of rotatable bonds is 6. The van der Waals surface area contributed by atoms with Crippen molar-refractivity contribution < 1.29 is 14.1 Å². The van der Waals surface area contributed by atoms with Gasteiger partial charge in [-0.15, -0.1) is 0 Å². The first-order valence-corrected chi connectivity index (χ1v) is 9.44. The van der Waals surface area contributed by atoms with Crippen LogP contribution >= 0.6 is 0 Å². The van der Waals surface area contributed by atoms with E-state index in [1.54, 1.807) is 25.4 Å². The zero-order valence-corrected chi connectivity index (χ0v) is 16.2. The van der Waals surface area contributed by atoms with Crippen LogP contribution in [0.1, 0.15) is 5.89 Å². The topological polar surface area (TPSA) is 84.9 Å². The maximum atomic E-state index is 11.3. The van der Waals surface area contributed by atoms with Crippen LogP contribution in [0.5, 0.6) is 5.75 Å². The smallest absolute Gasteiger partial charge is 0.292 e. The Morgan fingerprint density at radius 1 is 1.10 bits per heavy atom. The first-order chi connectivity index (χ1) is 14.1. The Hall–Kier alpha value is -3.39. The van der Waals surface area contributed by atoms with Crippen molar-refractivity contribution in [1.29, 1.82) is 0 Å². The largest absolute Gasteiger partial charge is 0.497 e. The van der Waals surface area contributed by atoms with Gasteiger partial charge in [-0.1, -0.05) is 12.1 Å². The molecule has 150 valence electrons. The number of nitrogens with zero attached hydrogens (tertiary/aromatic N) is 4. The number of hydrogen-bond acceptors (Lipinski definition) is 7. The maximum Gasteiger partial charge on any atom is 0.292 e. The summed E-state index contributed by atoms with van der Waals surface area (Å²) in [4.78, 5) is 19.7. The second-order valence-corrected chi connectivity index (χ2v) is 6.86. The van der Waals surface area contributed by atoms with E-state index in [9.17, 15) is 10.1 Å². The van der Waals surface area contributed by atoms with Crippen molar-refractivity contribution in [2.75, 3.05) is 38.2 Å². The molecule has 29 heavy (non-hydrogen) atoms. The van der Waals surface area contributed by atoms with Crippen LogP contribution in [0.2, 0.25) is 0 Å². The van der Waals surface area contributed by atoms with Crippen molar-refractivity contribution in [3.63, 3.8) is 0 Å². The Labute approximate surface area is 168 Å². The number of aromatic nitrogens is 1. The normalized spacial score (nSPS) is 14.7. The van der Waals surface area contributed by atoms with Crippen LogP contribution in [-0.2, 0) is 6.54 Å². The number of oxazole rings is 1. The molecule has 1 fully saturated rings. The first-order valence-electron chi connectivity index (χ1n) is 9.44. The third-order valence-corrected chi connectivity index (χ3v) is 5.08. The van der Waals surface area contributed by atoms with Crippen molar-refractivity contribution in [2.24, 2.45) is 0 Å². The molecule has 3 aromatic rings. The van der Waals surface area contributed by atoms with Crippen molar-refractivity contribution >= 4 is 11.4 Å². The van der Waals surface area contributed by atoms with E-state index in [1.807, 2.05) is 36.4 Å². The lowest BCUT2D eigenvalue weighted by Crippen LogP contribution is -2.46. The van der Waals surface area contributed by atoms with Crippen LogP contribution in [0.25, 0.3) is 11.3 Å². The third-order valence-electron chi connectivity index (χ3n) is 5.08. The number of methoxy groups -OCH3 is 1. The van der Waals surface area contributed by atoms with Crippen LogP contribution in [0.3, 0.4) is 0 Å². The molecule has 0 N–H and O–H groups in total. The van der Waals surface area contributed by atoms with Crippen LogP contribution in [0.15, 0.2) is 59.1 Å². The minimum absolute atomic E-state index is 0.151. The lowest BCUT2D eigenvalue weighted by atomic mass is 10.2.